The summed E-state index contributed by atoms with van der Waals surface area (Å²) in [6, 6.07) is 5.47. The van der Waals surface area contributed by atoms with Crippen molar-refractivity contribution in [1.82, 2.24) is 19.5 Å². The van der Waals surface area contributed by atoms with Gasteiger partial charge >= 0.3 is 0 Å². The first-order valence-electron chi connectivity index (χ1n) is 8.90. The molecule has 0 spiro atoms. The van der Waals surface area contributed by atoms with Crippen LogP contribution in [0.1, 0.15) is 30.8 Å². The van der Waals surface area contributed by atoms with E-state index >= 15 is 0 Å². The first-order valence-corrected chi connectivity index (χ1v) is 8.90. The Bertz CT molecular complexity index is 1030. The van der Waals surface area contributed by atoms with Crippen molar-refractivity contribution in [3.63, 3.8) is 0 Å². The van der Waals surface area contributed by atoms with Crippen LogP contribution in [0.2, 0.25) is 0 Å². The molecule has 0 fully saturated rings. The van der Waals surface area contributed by atoms with E-state index in [0.29, 0.717) is 29.4 Å². The van der Waals surface area contributed by atoms with Gasteiger partial charge in [0, 0.05) is 24.9 Å². The predicted molar refractivity (Wildman–Crippen MR) is 104 cm³/mol. The van der Waals surface area contributed by atoms with Crippen molar-refractivity contribution in [3.8, 4) is 17.1 Å². The first kappa shape index (κ1) is 19.0. The standard InChI is InChI=1S/C20H24N4O3/c1-6-14(11-26-4)24-16-9-10-21-18(19(16)23-13(3)20(24)25)15-7-8-17(27-5)22-12(15)2/h7-10,14H,6,11H2,1-5H3/t14-/m0/s1. The Morgan fingerprint density at radius 3 is 2.52 bits per heavy atom. The minimum absolute atomic E-state index is 0.0722. The summed E-state index contributed by atoms with van der Waals surface area (Å²) in [6.45, 7) is 6.13. The predicted octanol–water partition coefficient (Wildman–Crippen LogP) is 3.08. The molecule has 142 valence electrons. The van der Waals surface area contributed by atoms with E-state index < -0.39 is 0 Å². The molecule has 3 rings (SSSR count). The topological polar surface area (TPSA) is 79.1 Å². The van der Waals surface area contributed by atoms with Crippen LogP contribution in [0.25, 0.3) is 22.3 Å². The van der Waals surface area contributed by atoms with Gasteiger partial charge in [0.2, 0.25) is 5.88 Å². The van der Waals surface area contributed by atoms with Gasteiger partial charge in [-0.2, -0.15) is 0 Å². The minimum atomic E-state index is -0.104. The van der Waals surface area contributed by atoms with Gasteiger partial charge < -0.3 is 9.47 Å². The van der Waals surface area contributed by atoms with Crippen molar-refractivity contribution in [1.29, 1.82) is 0 Å². The van der Waals surface area contributed by atoms with E-state index in [-0.39, 0.29) is 11.6 Å². The van der Waals surface area contributed by atoms with Crippen LogP contribution in [-0.4, -0.2) is 40.3 Å². The van der Waals surface area contributed by atoms with Gasteiger partial charge in [-0.3, -0.25) is 14.3 Å². The van der Waals surface area contributed by atoms with Crippen LogP contribution in [0.15, 0.2) is 29.2 Å². The van der Waals surface area contributed by atoms with Gasteiger partial charge in [-0.25, -0.2) is 9.97 Å². The zero-order valence-electron chi connectivity index (χ0n) is 16.3. The molecule has 0 saturated heterocycles. The highest BCUT2D eigenvalue weighted by molar-refractivity contribution is 5.90. The van der Waals surface area contributed by atoms with E-state index in [2.05, 4.69) is 15.0 Å². The molecular weight excluding hydrogens is 344 g/mol. The Labute approximate surface area is 158 Å². The second kappa shape index (κ2) is 7.84. The molecule has 1 atom stereocenters. The van der Waals surface area contributed by atoms with Gasteiger partial charge in [-0.1, -0.05) is 6.92 Å². The molecular formula is C20H24N4O3. The van der Waals surface area contributed by atoms with E-state index in [1.54, 1.807) is 38.0 Å². The van der Waals surface area contributed by atoms with Gasteiger partial charge in [-0.05, 0) is 32.4 Å². The molecule has 0 unspecified atom stereocenters. The van der Waals surface area contributed by atoms with E-state index in [0.717, 1.165) is 23.2 Å². The average molecular weight is 368 g/mol. The summed E-state index contributed by atoms with van der Waals surface area (Å²) in [5.74, 6) is 0.545. The Balaban J connectivity index is 2.32. The molecule has 7 heteroatoms. The highest BCUT2D eigenvalue weighted by atomic mass is 16.5. The zero-order valence-corrected chi connectivity index (χ0v) is 16.3. The third-order valence-corrected chi connectivity index (χ3v) is 4.69. The molecule has 3 aromatic heterocycles. The van der Waals surface area contributed by atoms with Crippen molar-refractivity contribution in [3.05, 3.63) is 46.1 Å². The normalized spacial score (nSPS) is 12.3. The number of hydrogen-bond acceptors (Lipinski definition) is 6. The number of ether oxygens (including phenoxy) is 2. The fourth-order valence-corrected chi connectivity index (χ4v) is 3.28. The SMILES string of the molecule is CC[C@@H](COC)n1c(=O)c(C)nc2c(-c3ccc(OC)nc3C)nccc21. The van der Waals surface area contributed by atoms with Crippen LogP contribution in [0.3, 0.4) is 0 Å². The monoisotopic (exact) mass is 368 g/mol. The number of fused-ring (bicyclic) bond motifs is 1. The lowest BCUT2D eigenvalue weighted by molar-refractivity contribution is 0.153. The third-order valence-electron chi connectivity index (χ3n) is 4.69. The van der Waals surface area contributed by atoms with Crippen molar-refractivity contribution in [2.75, 3.05) is 20.8 Å². The number of aryl methyl sites for hydroxylation is 2. The Kier molecular flexibility index (Phi) is 5.51. The van der Waals surface area contributed by atoms with Gasteiger partial charge in [0.25, 0.3) is 5.56 Å². The molecule has 3 heterocycles. The van der Waals surface area contributed by atoms with Crippen molar-refractivity contribution >= 4 is 11.0 Å². The van der Waals surface area contributed by atoms with Gasteiger partial charge in [0.05, 0.1) is 36.7 Å². The van der Waals surface area contributed by atoms with Crippen molar-refractivity contribution < 1.29 is 9.47 Å². The summed E-state index contributed by atoms with van der Waals surface area (Å²) in [7, 11) is 3.23. The minimum Gasteiger partial charge on any atom is -0.481 e. The zero-order chi connectivity index (χ0) is 19.6. The molecule has 3 aromatic rings. The maximum absolute atomic E-state index is 12.9. The van der Waals surface area contributed by atoms with Gasteiger partial charge in [-0.15, -0.1) is 0 Å². The molecule has 0 N–H and O–H groups in total. The maximum atomic E-state index is 12.9. The first-order chi connectivity index (χ1) is 13.0. The highest BCUT2D eigenvalue weighted by Gasteiger charge is 2.19. The van der Waals surface area contributed by atoms with Crippen molar-refractivity contribution in [2.24, 2.45) is 0 Å². The van der Waals surface area contributed by atoms with Crippen molar-refractivity contribution in [2.45, 2.75) is 33.2 Å². The number of methoxy groups -OCH3 is 2. The molecule has 7 nitrogen and oxygen atoms in total. The van der Waals surface area contributed by atoms with Crippen LogP contribution in [0.5, 0.6) is 5.88 Å². The molecule has 0 radical (unpaired) electrons. The number of hydrogen-bond donors (Lipinski definition) is 0. The lowest BCUT2D eigenvalue weighted by atomic mass is 10.1. The Morgan fingerprint density at radius 1 is 1.11 bits per heavy atom. The molecule has 0 bridgehead atoms. The fourth-order valence-electron chi connectivity index (χ4n) is 3.28. The lowest BCUT2D eigenvalue weighted by Gasteiger charge is -2.21. The maximum Gasteiger partial charge on any atom is 0.272 e. The van der Waals surface area contributed by atoms with Gasteiger partial charge in [0.15, 0.2) is 0 Å². The second-order valence-corrected chi connectivity index (χ2v) is 6.40. The second-order valence-electron chi connectivity index (χ2n) is 6.40. The molecule has 0 saturated carbocycles. The number of nitrogens with zero attached hydrogens (tertiary/aromatic N) is 4. The highest BCUT2D eigenvalue weighted by Crippen LogP contribution is 2.29. The molecule has 0 aliphatic rings. The molecule has 27 heavy (non-hydrogen) atoms. The summed E-state index contributed by atoms with van der Waals surface area (Å²) in [5.41, 5.74) is 4.10. The molecule has 0 aromatic carbocycles. The van der Waals surface area contributed by atoms with Gasteiger partial charge in [0.1, 0.15) is 11.2 Å². The van der Waals surface area contributed by atoms with E-state index in [1.807, 2.05) is 26.0 Å². The summed E-state index contributed by atoms with van der Waals surface area (Å²) in [5, 5.41) is 0. The lowest BCUT2D eigenvalue weighted by Crippen LogP contribution is -2.30. The van der Waals surface area contributed by atoms with Crippen LogP contribution in [0.4, 0.5) is 0 Å². The average Bonchev–Trinajstić information content (AvgIpc) is 2.67. The van der Waals surface area contributed by atoms with Crippen LogP contribution >= 0.6 is 0 Å². The molecule has 0 aliphatic heterocycles. The van der Waals surface area contributed by atoms with Crippen LogP contribution in [0, 0.1) is 13.8 Å². The summed E-state index contributed by atoms with van der Waals surface area (Å²) < 4.78 is 12.3. The number of aromatic nitrogens is 4. The Hall–Kier alpha value is -2.80. The molecule has 0 amide bonds. The smallest absolute Gasteiger partial charge is 0.272 e. The van der Waals surface area contributed by atoms with Crippen LogP contribution < -0.4 is 10.3 Å². The summed E-state index contributed by atoms with van der Waals surface area (Å²) in [4.78, 5) is 26.4. The quantitative estimate of drug-likeness (QED) is 0.665. The fraction of sp³-hybridized carbons (Fsp3) is 0.400. The largest absolute Gasteiger partial charge is 0.481 e. The summed E-state index contributed by atoms with van der Waals surface area (Å²) >= 11 is 0. The van der Waals surface area contributed by atoms with Crippen LogP contribution in [-0.2, 0) is 4.74 Å². The Morgan fingerprint density at radius 2 is 1.89 bits per heavy atom. The van der Waals surface area contributed by atoms with E-state index in [1.165, 1.54) is 0 Å². The van der Waals surface area contributed by atoms with E-state index in [4.69, 9.17) is 9.47 Å². The summed E-state index contributed by atoms with van der Waals surface area (Å²) in [6.07, 6.45) is 2.47. The third kappa shape index (κ3) is 3.42. The van der Waals surface area contributed by atoms with E-state index in [9.17, 15) is 4.79 Å². The molecule has 0 aliphatic carbocycles. The number of pyridine rings is 2. The number of rotatable bonds is 6.